The van der Waals surface area contributed by atoms with Gasteiger partial charge in [-0.1, -0.05) is 4.49 Å². The zero-order valence-electron chi connectivity index (χ0n) is 9.61. The average Bonchev–Trinajstić information content (AvgIpc) is 2.78. The van der Waals surface area contributed by atoms with Crippen molar-refractivity contribution in [2.75, 3.05) is 11.9 Å². The molecule has 0 amide bonds. The third-order valence-electron chi connectivity index (χ3n) is 2.15. The summed E-state index contributed by atoms with van der Waals surface area (Å²) in [6.07, 6.45) is 0. The van der Waals surface area contributed by atoms with Gasteiger partial charge in [0.15, 0.2) is 11.6 Å². The molecular weight excluding hydrogens is 260 g/mol. The highest BCUT2D eigenvalue weighted by Gasteiger charge is 2.10. The Morgan fingerprint density at radius 2 is 2.22 bits per heavy atom. The minimum atomic E-state index is -0.607. The number of benzene rings is 1. The summed E-state index contributed by atoms with van der Waals surface area (Å²) < 4.78 is 35.2. The molecule has 1 aromatic heterocycles. The summed E-state index contributed by atoms with van der Waals surface area (Å²) in [4.78, 5) is 0. The van der Waals surface area contributed by atoms with Crippen molar-refractivity contribution in [2.45, 2.75) is 13.5 Å². The van der Waals surface area contributed by atoms with Crippen LogP contribution in [0.3, 0.4) is 0 Å². The summed E-state index contributed by atoms with van der Waals surface area (Å²) in [5.74, 6) is -1.29. The lowest BCUT2D eigenvalue weighted by molar-refractivity contribution is 0.284. The monoisotopic (exact) mass is 271 g/mol. The van der Waals surface area contributed by atoms with Crippen LogP contribution in [0, 0.1) is 11.6 Å². The largest absolute Gasteiger partial charge is 0.484 e. The number of anilines is 1. The van der Waals surface area contributed by atoms with Gasteiger partial charge in [-0.3, -0.25) is 0 Å². The highest BCUT2D eigenvalue weighted by molar-refractivity contribution is 7.10. The second-order valence-electron chi connectivity index (χ2n) is 3.44. The SMILES string of the molecule is CCNc1snnc1COc1cc(F)ccc1F. The fourth-order valence-electron chi connectivity index (χ4n) is 1.33. The Morgan fingerprint density at radius 1 is 1.39 bits per heavy atom. The van der Waals surface area contributed by atoms with Crippen molar-refractivity contribution in [2.24, 2.45) is 0 Å². The Labute approximate surface area is 107 Å². The molecule has 0 saturated carbocycles. The maximum atomic E-state index is 13.3. The van der Waals surface area contributed by atoms with Crippen molar-refractivity contribution >= 4 is 16.5 Å². The van der Waals surface area contributed by atoms with Crippen molar-refractivity contribution in [1.29, 1.82) is 0 Å². The number of hydrogen-bond donors (Lipinski definition) is 1. The van der Waals surface area contributed by atoms with Gasteiger partial charge in [0.05, 0.1) is 0 Å². The van der Waals surface area contributed by atoms with Crippen LogP contribution in [0.5, 0.6) is 5.75 Å². The lowest BCUT2D eigenvalue weighted by Crippen LogP contribution is -2.03. The van der Waals surface area contributed by atoms with Crippen LogP contribution in [0.15, 0.2) is 18.2 Å². The highest BCUT2D eigenvalue weighted by atomic mass is 32.1. The molecule has 7 heteroatoms. The molecule has 18 heavy (non-hydrogen) atoms. The molecule has 0 atom stereocenters. The van der Waals surface area contributed by atoms with Gasteiger partial charge < -0.3 is 10.1 Å². The molecule has 4 nitrogen and oxygen atoms in total. The van der Waals surface area contributed by atoms with Gasteiger partial charge in [0.1, 0.15) is 23.1 Å². The van der Waals surface area contributed by atoms with Crippen LogP contribution < -0.4 is 10.1 Å². The molecule has 0 unspecified atom stereocenters. The summed E-state index contributed by atoms with van der Waals surface area (Å²) in [6.45, 7) is 2.71. The molecule has 0 fully saturated rings. The first kappa shape index (κ1) is 12.7. The molecule has 0 aliphatic rings. The molecular formula is C11H11F2N3OS. The molecule has 0 radical (unpaired) electrons. The van der Waals surface area contributed by atoms with Gasteiger partial charge >= 0.3 is 0 Å². The molecule has 1 aromatic carbocycles. The van der Waals surface area contributed by atoms with Crippen molar-refractivity contribution in [3.05, 3.63) is 35.5 Å². The highest BCUT2D eigenvalue weighted by Crippen LogP contribution is 2.22. The number of halogens is 2. The lowest BCUT2D eigenvalue weighted by atomic mass is 10.3. The number of aromatic nitrogens is 2. The molecule has 2 rings (SSSR count). The average molecular weight is 271 g/mol. The fourth-order valence-corrected chi connectivity index (χ4v) is 1.97. The van der Waals surface area contributed by atoms with Crippen LogP contribution in [-0.2, 0) is 6.61 Å². The van der Waals surface area contributed by atoms with E-state index in [-0.39, 0.29) is 12.4 Å². The van der Waals surface area contributed by atoms with E-state index < -0.39 is 11.6 Å². The first-order valence-corrected chi connectivity index (χ1v) is 6.11. The zero-order valence-corrected chi connectivity index (χ0v) is 10.4. The van der Waals surface area contributed by atoms with Crippen molar-refractivity contribution in [3.8, 4) is 5.75 Å². The lowest BCUT2D eigenvalue weighted by Gasteiger charge is -2.06. The second-order valence-corrected chi connectivity index (χ2v) is 4.20. The number of hydrogen-bond acceptors (Lipinski definition) is 5. The van der Waals surface area contributed by atoms with Gasteiger partial charge in [-0.25, -0.2) is 8.78 Å². The fraction of sp³-hybridized carbons (Fsp3) is 0.273. The van der Waals surface area contributed by atoms with Crippen LogP contribution in [0.25, 0.3) is 0 Å². The molecule has 0 aliphatic carbocycles. The molecule has 0 saturated heterocycles. The van der Waals surface area contributed by atoms with E-state index in [0.717, 1.165) is 29.7 Å². The third kappa shape index (κ3) is 2.92. The Bertz CT molecular complexity index is 533. The normalized spacial score (nSPS) is 10.4. The summed E-state index contributed by atoms with van der Waals surface area (Å²) in [7, 11) is 0. The number of ether oxygens (including phenoxy) is 1. The van der Waals surface area contributed by atoms with E-state index in [1.807, 2.05) is 6.92 Å². The smallest absolute Gasteiger partial charge is 0.165 e. The van der Waals surface area contributed by atoms with Crippen LogP contribution in [0.4, 0.5) is 13.8 Å². The van der Waals surface area contributed by atoms with Gasteiger partial charge in [-0.2, -0.15) is 0 Å². The van der Waals surface area contributed by atoms with E-state index in [4.69, 9.17) is 4.74 Å². The van der Waals surface area contributed by atoms with Gasteiger partial charge in [-0.15, -0.1) is 5.10 Å². The second kappa shape index (κ2) is 5.72. The van der Waals surface area contributed by atoms with E-state index in [9.17, 15) is 8.78 Å². The van der Waals surface area contributed by atoms with Crippen molar-refractivity contribution < 1.29 is 13.5 Å². The summed E-state index contributed by atoms with van der Waals surface area (Å²) >= 11 is 1.20. The van der Waals surface area contributed by atoms with Crippen LogP contribution in [-0.4, -0.2) is 16.1 Å². The standard InChI is InChI=1S/C11H11F2N3OS/c1-2-14-11-9(15-16-18-11)6-17-10-5-7(12)3-4-8(10)13/h3-5,14H,2,6H2,1H3. The third-order valence-corrected chi connectivity index (χ3v) is 2.88. The minimum absolute atomic E-state index is 0.0409. The maximum absolute atomic E-state index is 13.3. The minimum Gasteiger partial charge on any atom is -0.484 e. The van der Waals surface area contributed by atoms with E-state index in [1.165, 1.54) is 11.5 Å². The quantitative estimate of drug-likeness (QED) is 0.908. The first-order chi connectivity index (χ1) is 8.70. The molecule has 0 spiro atoms. The predicted octanol–water partition coefficient (Wildman–Crippen LogP) is 2.83. The molecule has 0 bridgehead atoms. The predicted molar refractivity (Wildman–Crippen MR) is 64.8 cm³/mol. The Balaban J connectivity index is 2.06. The van der Waals surface area contributed by atoms with E-state index in [0.29, 0.717) is 5.69 Å². The van der Waals surface area contributed by atoms with Crippen LogP contribution in [0.1, 0.15) is 12.6 Å². The summed E-state index contributed by atoms with van der Waals surface area (Å²) in [6, 6.07) is 3.06. The first-order valence-electron chi connectivity index (χ1n) is 5.33. The zero-order chi connectivity index (χ0) is 13.0. The number of nitrogens with zero attached hydrogens (tertiary/aromatic N) is 2. The molecule has 96 valence electrons. The van der Waals surface area contributed by atoms with Gasteiger partial charge in [-0.05, 0) is 19.1 Å². The topological polar surface area (TPSA) is 47.0 Å². The molecule has 0 aliphatic heterocycles. The van der Waals surface area contributed by atoms with Gasteiger partial charge in [0.25, 0.3) is 0 Å². The van der Waals surface area contributed by atoms with E-state index in [2.05, 4.69) is 14.9 Å². The van der Waals surface area contributed by atoms with Crippen molar-refractivity contribution in [3.63, 3.8) is 0 Å². The number of rotatable bonds is 5. The van der Waals surface area contributed by atoms with Gasteiger partial charge in [0.2, 0.25) is 0 Å². The van der Waals surface area contributed by atoms with Crippen LogP contribution >= 0.6 is 11.5 Å². The summed E-state index contributed by atoms with van der Waals surface area (Å²) in [5, 5.41) is 7.70. The summed E-state index contributed by atoms with van der Waals surface area (Å²) in [5.41, 5.74) is 0.575. The van der Waals surface area contributed by atoms with Crippen LogP contribution in [0.2, 0.25) is 0 Å². The van der Waals surface area contributed by atoms with Gasteiger partial charge in [0, 0.05) is 24.1 Å². The molecule has 2 aromatic rings. The van der Waals surface area contributed by atoms with E-state index in [1.54, 1.807) is 0 Å². The molecule has 1 N–H and O–H groups in total. The Hall–Kier alpha value is -1.76. The Kier molecular flexibility index (Phi) is 4.03. The maximum Gasteiger partial charge on any atom is 0.165 e. The van der Waals surface area contributed by atoms with Crippen molar-refractivity contribution in [1.82, 2.24) is 9.59 Å². The van der Waals surface area contributed by atoms with E-state index >= 15 is 0 Å². The Morgan fingerprint density at radius 3 is 3.00 bits per heavy atom. The number of nitrogens with one attached hydrogen (secondary N) is 1. The molecule has 1 heterocycles.